The van der Waals surface area contributed by atoms with Gasteiger partial charge in [0.25, 0.3) is 0 Å². The molecule has 2 N–H and O–H groups in total. The number of rotatable bonds is 9. The van der Waals surface area contributed by atoms with Crippen LogP contribution in [0.2, 0.25) is 5.02 Å². The van der Waals surface area contributed by atoms with E-state index in [9.17, 15) is 0 Å². The highest BCUT2D eigenvalue weighted by Crippen LogP contribution is 2.35. The summed E-state index contributed by atoms with van der Waals surface area (Å²) in [5.74, 6) is 0.842. The molecule has 1 aromatic heterocycles. The van der Waals surface area contributed by atoms with Crippen LogP contribution in [0.3, 0.4) is 0 Å². The summed E-state index contributed by atoms with van der Waals surface area (Å²) in [7, 11) is 1.69. The second-order valence-electron chi connectivity index (χ2n) is 6.55. The van der Waals surface area contributed by atoms with Gasteiger partial charge in [-0.05, 0) is 36.2 Å². The third-order valence-electron chi connectivity index (χ3n) is 4.74. The Bertz CT molecular complexity index is 966. The van der Waals surface area contributed by atoms with Crippen LogP contribution in [0.4, 0.5) is 0 Å². The van der Waals surface area contributed by atoms with E-state index in [0.29, 0.717) is 25.9 Å². The fourth-order valence-electron chi connectivity index (χ4n) is 3.42. The summed E-state index contributed by atoms with van der Waals surface area (Å²) < 4.78 is 5.66. The van der Waals surface area contributed by atoms with Gasteiger partial charge < -0.3 is 19.7 Å². The first kappa shape index (κ1) is 20.2. The third-order valence-corrected chi connectivity index (χ3v) is 5.11. The molecule has 148 valence electrons. The molecule has 0 spiro atoms. The maximum Gasteiger partial charge on any atom is 0.123 e. The fourth-order valence-corrected chi connectivity index (χ4v) is 3.62. The zero-order chi connectivity index (χ0) is 19.9. The van der Waals surface area contributed by atoms with E-state index in [1.54, 1.807) is 13.3 Å². The van der Waals surface area contributed by atoms with Gasteiger partial charge in [0.05, 0.1) is 7.11 Å². The van der Waals surface area contributed by atoms with Gasteiger partial charge in [-0.1, -0.05) is 35.0 Å². The highest BCUT2D eigenvalue weighted by Gasteiger charge is 2.17. The number of nitrogens with zero attached hydrogens (tertiary/aromatic N) is 1. The second kappa shape index (κ2) is 9.62. The first-order valence-corrected chi connectivity index (χ1v) is 9.68. The number of halogens is 1. The molecule has 0 aliphatic carbocycles. The summed E-state index contributed by atoms with van der Waals surface area (Å²) in [5, 5.41) is 14.5. The Balaban J connectivity index is 1.95. The first-order valence-electron chi connectivity index (χ1n) is 9.30. The molecule has 0 aliphatic heterocycles. The number of oxime groups is 1. The Kier molecular flexibility index (Phi) is 6.95. The standard InChI is InChI=1S/C22H25ClN2O3/c1-15-17(10-13-28-24-11-5-12-26)22-18(14-16-6-3-4-7-19(16)23)21(27-2)9-8-20(22)25-15/h3-4,6-9,11,25-26H,5,10,12-14H2,1-2H3/b24-11+. The van der Waals surface area contributed by atoms with Crippen LogP contribution in [0.25, 0.3) is 10.9 Å². The van der Waals surface area contributed by atoms with Crippen LogP contribution < -0.4 is 4.74 Å². The molecule has 0 amide bonds. The summed E-state index contributed by atoms with van der Waals surface area (Å²) in [6, 6.07) is 11.9. The number of aliphatic hydroxyl groups excluding tert-OH is 1. The molecule has 0 saturated heterocycles. The number of ether oxygens (including phenoxy) is 1. The molecule has 0 bridgehead atoms. The zero-order valence-corrected chi connectivity index (χ0v) is 16.9. The smallest absolute Gasteiger partial charge is 0.123 e. The number of H-pyrrole nitrogens is 1. The van der Waals surface area contributed by atoms with Crippen molar-refractivity contribution in [2.24, 2.45) is 5.16 Å². The molecule has 5 nitrogen and oxygen atoms in total. The number of hydrogen-bond acceptors (Lipinski definition) is 4. The van der Waals surface area contributed by atoms with E-state index in [0.717, 1.165) is 38.5 Å². The lowest BCUT2D eigenvalue weighted by Gasteiger charge is -2.13. The lowest BCUT2D eigenvalue weighted by atomic mass is 9.96. The quantitative estimate of drug-likeness (QED) is 0.312. The molecule has 28 heavy (non-hydrogen) atoms. The minimum absolute atomic E-state index is 0.0691. The number of aromatic nitrogens is 1. The summed E-state index contributed by atoms with van der Waals surface area (Å²) in [6.45, 7) is 2.59. The number of nitrogens with one attached hydrogen (secondary N) is 1. The Morgan fingerprint density at radius 3 is 2.75 bits per heavy atom. The molecule has 0 aliphatic rings. The molecule has 3 aromatic rings. The van der Waals surface area contributed by atoms with Crippen molar-refractivity contribution < 1.29 is 14.7 Å². The van der Waals surface area contributed by atoms with Crippen molar-refractivity contribution in [2.45, 2.75) is 26.2 Å². The first-order chi connectivity index (χ1) is 13.7. The lowest BCUT2D eigenvalue weighted by molar-refractivity contribution is 0.148. The molecule has 1 heterocycles. The van der Waals surface area contributed by atoms with E-state index in [1.807, 2.05) is 36.4 Å². The summed E-state index contributed by atoms with van der Waals surface area (Å²) >= 11 is 6.41. The molecule has 0 atom stereocenters. The Hall–Kier alpha value is -2.50. The molecule has 0 fully saturated rings. The molecule has 3 rings (SSSR count). The summed E-state index contributed by atoms with van der Waals surface area (Å²) in [4.78, 5) is 8.80. The average molecular weight is 401 g/mol. The predicted molar refractivity (Wildman–Crippen MR) is 114 cm³/mol. The van der Waals surface area contributed by atoms with E-state index in [4.69, 9.17) is 26.3 Å². The van der Waals surface area contributed by atoms with Crippen LogP contribution in [0, 0.1) is 6.92 Å². The molecule has 0 radical (unpaired) electrons. The largest absolute Gasteiger partial charge is 0.496 e. The van der Waals surface area contributed by atoms with Crippen LogP contribution in [0.15, 0.2) is 41.6 Å². The van der Waals surface area contributed by atoms with Crippen molar-refractivity contribution >= 4 is 28.7 Å². The maximum atomic E-state index is 8.78. The van der Waals surface area contributed by atoms with Gasteiger partial charge in [0.2, 0.25) is 0 Å². The Morgan fingerprint density at radius 1 is 1.18 bits per heavy atom. The molecular weight excluding hydrogens is 376 g/mol. The second-order valence-corrected chi connectivity index (χ2v) is 6.96. The van der Waals surface area contributed by atoms with E-state index >= 15 is 0 Å². The van der Waals surface area contributed by atoms with Crippen LogP contribution in [0.1, 0.15) is 28.8 Å². The normalized spacial score (nSPS) is 11.4. The van der Waals surface area contributed by atoms with Crippen molar-refractivity contribution in [3.8, 4) is 5.75 Å². The number of methoxy groups -OCH3 is 1. The van der Waals surface area contributed by atoms with Gasteiger partial charge in [-0.15, -0.1) is 0 Å². The van der Waals surface area contributed by atoms with Crippen molar-refractivity contribution in [1.82, 2.24) is 4.98 Å². The highest BCUT2D eigenvalue weighted by atomic mass is 35.5. The minimum Gasteiger partial charge on any atom is -0.496 e. The number of aryl methyl sites for hydroxylation is 1. The van der Waals surface area contributed by atoms with Crippen LogP contribution in [-0.4, -0.2) is 36.6 Å². The molecule has 0 unspecified atom stereocenters. The van der Waals surface area contributed by atoms with Gasteiger partial charge in [0, 0.05) is 59.3 Å². The molecule has 0 saturated carbocycles. The van der Waals surface area contributed by atoms with Crippen molar-refractivity contribution in [3.63, 3.8) is 0 Å². The van der Waals surface area contributed by atoms with E-state index < -0.39 is 0 Å². The van der Waals surface area contributed by atoms with Crippen molar-refractivity contribution in [1.29, 1.82) is 0 Å². The Labute approximate surface area is 169 Å². The Morgan fingerprint density at radius 2 is 2.00 bits per heavy atom. The average Bonchev–Trinajstić information content (AvgIpc) is 3.02. The van der Waals surface area contributed by atoms with Crippen LogP contribution in [0.5, 0.6) is 5.75 Å². The lowest BCUT2D eigenvalue weighted by Crippen LogP contribution is -2.00. The van der Waals surface area contributed by atoms with Crippen molar-refractivity contribution in [2.75, 3.05) is 20.3 Å². The highest BCUT2D eigenvalue weighted by molar-refractivity contribution is 6.31. The number of aromatic amines is 1. The third kappa shape index (κ3) is 4.49. The van der Waals surface area contributed by atoms with Gasteiger partial charge in [0.15, 0.2) is 0 Å². The monoisotopic (exact) mass is 400 g/mol. The predicted octanol–water partition coefficient (Wildman–Crippen LogP) is 4.66. The number of benzene rings is 2. The van der Waals surface area contributed by atoms with E-state index in [1.165, 1.54) is 5.56 Å². The van der Waals surface area contributed by atoms with Gasteiger partial charge in [-0.25, -0.2) is 0 Å². The topological polar surface area (TPSA) is 66.8 Å². The van der Waals surface area contributed by atoms with Crippen LogP contribution in [-0.2, 0) is 17.7 Å². The maximum absolute atomic E-state index is 8.78. The molecule has 2 aromatic carbocycles. The van der Waals surface area contributed by atoms with Gasteiger partial charge in [0.1, 0.15) is 12.4 Å². The summed E-state index contributed by atoms with van der Waals surface area (Å²) in [6.07, 6.45) is 3.46. The van der Waals surface area contributed by atoms with Gasteiger partial charge >= 0.3 is 0 Å². The van der Waals surface area contributed by atoms with Crippen molar-refractivity contribution in [3.05, 3.63) is 63.8 Å². The fraction of sp³-hybridized carbons (Fsp3) is 0.318. The zero-order valence-electron chi connectivity index (χ0n) is 16.2. The summed E-state index contributed by atoms with van der Waals surface area (Å²) in [5.41, 5.74) is 5.53. The SMILES string of the molecule is COc1ccc2[nH]c(C)c(CCO/N=C/CCO)c2c1Cc1ccccc1Cl. The van der Waals surface area contributed by atoms with Gasteiger partial charge in [-0.3, -0.25) is 0 Å². The minimum atomic E-state index is 0.0691. The molecular formula is C22H25ClN2O3. The molecule has 6 heteroatoms. The van der Waals surface area contributed by atoms with Crippen LogP contribution >= 0.6 is 11.6 Å². The number of hydrogen-bond donors (Lipinski definition) is 2. The number of aliphatic hydroxyl groups is 1. The van der Waals surface area contributed by atoms with Gasteiger partial charge in [-0.2, -0.15) is 0 Å². The van der Waals surface area contributed by atoms with E-state index in [2.05, 4.69) is 17.1 Å². The number of fused-ring (bicyclic) bond motifs is 1. The van der Waals surface area contributed by atoms with E-state index in [-0.39, 0.29) is 6.61 Å².